The van der Waals surface area contributed by atoms with Crippen LogP contribution in [-0.4, -0.2) is 36.0 Å². The van der Waals surface area contributed by atoms with Crippen molar-refractivity contribution in [2.45, 2.75) is 13.0 Å². The van der Waals surface area contributed by atoms with E-state index in [1.807, 2.05) is 17.0 Å². The highest BCUT2D eigenvalue weighted by atomic mass is 16.5. The summed E-state index contributed by atoms with van der Waals surface area (Å²) in [5.41, 5.74) is 6.52. The van der Waals surface area contributed by atoms with E-state index in [0.717, 1.165) is 12.1 Å². The van der Waals surface area contributed by atoms with E-state index in [2.05, 4.69) is 4.98 Å². The first-order valence-electron chi connectivity index (χ1n) is 5.70. The molecule has 5 nitrogen and oxygen atoms in total. The Hall–Kier alpha value is -1.62. The van der Waals surface area contributed by atoms with Gasteiger partial charge in [-0.25, -0.2) is 4.98 Å². The SMILES string of the molecule is COc1ncccc1CN1CC(CN)CC1=O. The highest BCUT2D eigenvalue weighted by Crippen LogP contribution is 2.22. The molecule has 2 N–H and O–H groups in total. The van der Waals surface area contributed by atoms with E-state index in [4.69, 9.17) is 10.5 Å². The fraction of sp³-hybridized carbons (Fsp3) is 0.500. The molecule has 1 aromatic rings. The Balaban J connectivity index is 2.08. The van der Waals surface area contributed by atoms with Crippen molar-refractivity contribution in [1.29, 1.82) is 0 Å². The van der Waals surface area contributed by atoms with Crippen molar-refractivity contribution in [3.05, 3.63) is 23.9 Å². The molecule has 1 unspecified atom stereocenters. The number of rotatable bonds is 4. The maximum Gasteiger partial charge on any atom is 0.223 e. The summed E-state index contributed by atoms with van der Waals surface area (Å²) in [5.74, 6) is 1.02. The van der Waals surface area contributed by atoms with Crippen molar-refractivity contribution in [3.8, 4) is 5.88 Å². The lowest BCUT2D eigenvalue weighted by molar-refractivity contribution is -0.128. The number of ether oxygens (including phenoxy) is 1. The van der Waals surface area contributed by atoms with Crippen LogP contribution in [0.5, 0.6) is 5.88 Å². The van der Waals surface area contributed by atoms with Crippen LogP contribution in [0.25, 0.3) is 0 Å². The van der Waals surface area contributed by atoms with Crippen LogP contribution in [0.1, 0.15) is 12.0 Å². The second-order valence-corrected chi connectivity index (χ2v) is 4.25. The van der Waals surface area contributed by atoms with Gasteiger partial charge in [-0.2, -0.15) is 0 Å². The van der Waals surface area contributed by atoms with Gasteiger partial charge in [0, 0.05) is 24.7 Å². The zero-order valence-corrected chi connectivity index (χ0v) is 9.93. The molecule has 17 heavy (non-hydrogen) atoms. The van der Waals surface area contributed by atoms with E-state index < -0.39 is 0 Å². The third-order valence-corrected chi connectivity index (χ3v) is 3.03. The number of nitrogens with two attached hydrogens (primary N) is 1. The highest BCUT2D eigenvalue weighted by Gasteiger charge is 2.28. The molecule has 1 fully saturated rings. The molecular weight excluding hydrogens is 218 g/mol. The summed E-state index contributed by atoms with van der Waals surface area (Å²) in [5, 5.41) is 0. The van der Waals surface area contributed by atoms with Crippen molar-refractivity contribution in [1.82, 2.24) is 9.88 Å². The minimum atomic E-state index is 0.159. The smallest absolute Gasteiger partial charge is 0.223 e. The molecule has 1 amide bonds. The first-order chi connectivity index (χ1) is 8.24. The van der Waals surface area contributed by atoms with Crippen LogP contribution in [-0.2, 0) is 11.3 Å². The van der Waals surface area contributed by atoms with Crippen molar-refractivity contribution in [2.75, 3.05) is 20.2 Å². The van der Waals surface area contributed by atoms with Gasteiger partial charge in [-0.15, -0.1) is 0 Å². The third kappa shape index (κ3) is 2.55. The summed E-state index contributed by atoms with van der Waals surface area (Å²) in [6.45, 7) is 1.84. The van der Waals surface area contributed by atoms with E-state index in [0.29, 0.717) is 25.4 Å². The number of pyridine rings is 1. The average molecular weight is 235 g/mol. The Morgan fingerprint density at radius 2 is 2.47 bits per heavy atom. The molecule has 92 valence electrons. The van der Waals surface area contributed by atoms with Crippen LogP contribution in [0.4, 0.5) is 0 Å². The van der Waals surface area contributed by atoms with Gasteiger partial charge < -0.3 is 15.4 Å². The monoisotopic (exact) mass is 235 g/mol. The van der Waals surface area contributed by atoms with E-state index in [1.165, 1.54) is 0 Å². The largest absolute Gasteiger partial charge is 0.481 e. The van der Waals surface area contributed by atoms with Gasteiger partial charge in [-0.1, -0.05) is 6.07 Å². The fourth-order valence-corrected chi connectivity index (χ4v) is 2.10. The van der Waals surface area contributed by atoms with Gasteiger partial charge >= 0.3 is 0 Å². The van der Waals surface area contributed by atoms with E-state index in [-0.39, 0.29) is 11.8 Å². The summed E-state index contributed by atoms with van der Waals surface area (Å²) in [4.78, 5) is 17.7. The Morgan fingerprint density at radius 3 is 3.12 bits per heavy atom. The molecule has 1 aliphatic rings. The molecule has 2 heterocycles. The zero-order chi connectivity index (χ0) is 12.3. The number of hydrogen-bond donors (Lipinski definition) is 1. The molecule has 1 atom stereocenters. The van der Waals surface area contributed by atoms with Gasteiger partial charge in [-0.05, 0) is 18.5 Å². The predicted octanol–water partition coefficient (Wildman–Crippen LogP) is 0.397. The lowest BCUT2D eigenvalue weighted by Crippen LogP contribution is -2.26. The second kappa shape index (κ2) is 5.14. The first kappa shape index (κ1) is 11.9. The minimum absolute atomic E-state index is 0.159. The molecule has 0 aromatic carbocycles. The van der Waals surface area contributed by atoms with Crippen LogP contribution < -0.4 is 10.5 Å². The number of amides is 1. The number of nitrogens with zero attached hydrogens (tertiary/aromatic N) is 2. The Morgan fingerprint density at radius 1 is 1.65 bits per heavy atom. The van der Waals surface area contributed by atoms with Crippen molar-refractivity contribution < 1.29 is 9.53 Å². The number of likely N-dealkylation sites (tertiary alicyclic amines) is 1. The fourth-order valence-electron chi connectivity index (χ4n) is 2.10. The van der Waals surface area contributed by atoms with Crippen molar-refractivity contribution >= 4 is 5.91 Å². The van der Waals surface area contributed by atoms with Crippen LogP contribution in [0, 0.1) is 5.92 Å². The third-order valence-electron chi connectivity index (χ3n) is 3.03. The lowest BCUT2D eigenvalue weighted by Gasteiger charge is -2.17. The van der Waals surface area contributed by atoms with E-state index >= 15 is 0 Å². The average Bonchev–Trinajstić information content (AvgIpc) is 2.71. The number of carbonyl (C=O) groups is 1. The Labute approximate surface area is 101 Å². The van der Waals surface area contributed by atoms with Crippen LogP contribution >= 0.6 is 0 Å². The number of aromatic nitrogens is 1. The molecule has 1 saturated heterocycles. The Bertz CT molecular complexity index is 408. The lowest BCUT2D eigenvalue weighted by atomic mass is 10.1. The van der Waals surface area contributed by atoms with Gasteiger partial charge in [0.05, 0.1) is 13.7 Å². The van der Waals surface area contributed by atoms with Crippen molar-refractivity contribution in [3.63, 3.8) is 0 Å². The quantitative estimate of drug-likeness (QED) is 0.820. The number of carbonyl (C=O) groups excluding carboxylic acids is 1. The van der Waals surface area contributed by atoms with Gasteiger partial charge in [0.25, 0.3) is 0 Å². The zero-order valence-electron chi connectivity index (χ0n) is 9.93. The Kier molecular flexibility index (Phi) is 3.58. The molecule has 0 bridgehead atoms. The second-order valence-electron chi connectivity index (χ2n) is 4.25. The molecule has 0 radical (unpaired) electrons. The van der Waals surface area contributed by atoms with E-state index in [1.54, 1.807) is 13.3 Å². The molecule has 0 aliphatic carbocycles. The molecule has 0 saturated carbocycles. The normalized spacial score (nSPS) is 19.8. The standard InChI is InChI=1S/C12H17N3O2/c1-17-12-10(3-2-4-14-12)8-15-7-9(6-13)5-11(15)16/h2-4,9H,5-8,13H2,1H3. The highest BCUT2D eigenvalue weighted by molar-refractivity contribution is 5.78. The summed E-state index contributed by atoms with van der Waals surface area (Å²) in [7, 11) is 1.58. The van der Waals surface area contributed by atoms with Crippen LogP contribution in [0.3, 0.4) is 0 Å². The van der Waals surface area contributed by atoms with Crippen LogP contribution in [0.2, 0.25) is 0 Å². The summed E-state index contributed by atoms with van der Waals surface area (Å²) in [6, 6.07) is 3.77. The molecule has 1 aliphatic heterocycles. The number of methoxy groups -OCH3 is 1. The summed E-state index contributed by atoms with van der Waals surface area (Å²) >= 11 is 0. The molecular formula is C12H17N3O2. The van der Waals surface area contributed by atoms with Crippen molar-refractivity contribution in [2.24, 2.45) is 11.7 Å². The number of hydrogen-bond acceptors (Lipinski definition) is 4. The maximum atomic E-state index is 11.8. The molecule has 0 spiro atoms. The minimum Gasteiger partial charge on any atom is -0.481 e. The molecule has 2 rings (SSSR count). The van der Waals surface area contributed by atoms with Gasteiger partial charge in [-0.3, -0.25) is 4.79 Å². The predicted molar refractivity (Wildman–Crippen MR) is 63.4 cm³/mol. The van der Waals surface area contributed by atoms with Gasteiger partial charge in [0.1, 0.15) is 0 Å². The first-order valence-corrected chi connectivity index (χ1v) is 5.70. The topological polar surface area (TPSA) is 68.4 Å². The summed E-state index contributed by atoms with van der Waals surface area (Å²) in [6.07, 6.45) is 2.23. The van der Waals surface area contributed by atoms with Crippen LogP contribution in [0.15, 0.2) is 18.3 Å². The van der Waals surface area contributed by atoms with E-state index in [9.17, 15) is 4.79 Å². The van der Waals surface area contributed by atoms with Gasteiger partial charge in [0.2, 0.25) is 11.8 Å². The summed E-state index contributed by atoms with van der Waals surface area (Å²) < 4.78 is 5.17. The molecule has 5 heteroatoms. The molecule has 1 aromatic heterocycles. The maximum absolute atomic E-state index is 11.8. The van der Waals surface area contributed by atoms with Gasteiger partial charge in [0.15, 0.2) is 0 Å².